The fourth-order valence-electron chi connectivity index (χ4n) is 2.87. The van der Waals surface area contributed by atoms with Gasteiger partial charge in [-0.05, 0) is 38.2 Å². The van der Waals surface area contributed by atoms with Gasteiger partial charge >= 0.3 is 0 Å². The summed E-state index contributed by atoms with van der Waals surface area (Å²) in [4.78, 5) is 0. The van der Waals surface area contributed by atoms with E-state index in [2.05, 4.69) is 0 Å². The number of ether oxygens (including phenoxy) is 1. The van der Waals surface area contributed by atoms with E-state index in [0.29, 0.717) is 18.4 Å². The number of aryl methyl sites for hydroxylation is 1. The maximum absolute atomic E-state index is 11.7. The third-order valence-electron chi connectivity index (χ3n) is 4.04. The quantitative estimate of drug-likeness (QED) is 0.863. The van der Waals surface area contributed by atoms with Crippen molar-refractivity contribution in [3.63, 3.8) is 0 Å². The molecule has 1 aromatic carbocycles. The third-order valence-corrected chi connectivity index (χ3v) is 5.33. The Morgan fingerprint density at radius 3 is 2.26 bits per heavy atom. The van der Waals surface area contributed by atoms with E-state index < -0.39 is 15.4 Å². The average molecular weight is 284 g/mol. The first-order chi connectivity index (χ1) is 8.75. The van der Waals surface area contributed by atoms with Crippen LogP contribution < -0.4 is 0 Å². The predicted molar refractivity (Wildman–Crippen MR) is 73.6 cm³/mol. The maximum Gasteiger partial charge on any atom is 0.272 e. The lowest BCUT2D eigenvalue weighted by molar-refractivity contribution is -0.0915. The number of hydrogen-bond acceptors (Lipinski definition) is 3. The fourth-order valence-corrected chi connectivity index (χ4v) is 4.05. The van der Waals surface area contributed by atoms with Crippen LogP contribution in [-0.2, 0) is 14.9 Å². The molecule has 5 heteroatoms. The summed E-state index contributed by atoms with van der Waals surface area (Å²) in [7, 11) is -2.48. The van der Waals surface area contributed by atoms with E-state index in [1.165, 1.54) is 0 Å². The van der Waals surface area contributed by atoms with Crippen molar-refractivity contribution in [1.82, 2.24) is 0 Å². The minimum atomic E-state index is -4.10. The molecule has 106 valence electrons. The Morgan fingerprint density at radius 2 is 1.84 bits per heavy atom. The molecule has 0 amide bonds. The normalized spacial score (nSPS) is 28.7. The molecule has 0 aliphatic heterocycles. The zero-order chi connectivity index (χ0) is 14.3. The topological polar surface area (TPSA) is 63.6 Å². The number of methoxy groups -OCH3 is 1. The second-order valence-electron chi connectivity index (χ2n) is 5.67. The first-order valence-electron chi connectivity index (χ1n) is 6.33. The number of hydrogen-bond donors (Lipinski definition) is 1. The molecule has 0 saturated heterocycles. The first-order valence-corrected chi connectivity index (χ1v) is 7.83. The van der Waals surface area contributed by atoms with Gasteiger partial charge in [0.15, 0.2) is 0 Å². The van der Waals surface area contributed by atoms with Gasteiger partial charge in [0.05, 0.1) is 5.60 Å². The van der Waals surface area contributed by atoms with E-state index in [1.807, 2.05) is 26.0 Å². The van der Waals surface area contributed by atoms with Crippen LogP contribution >= 0.6 is 0 Å². The Labute approximate surface area is 114 Å². The van der Waals surface area contributed by atoms with Crippen molar-refractivity contribution in [2.75, 3.05) is 7.11 Å². The monoisotopic (exact) mass is 284 g/mol. The molecule has 0 spiro atoms. The molecular formula is C14H20O4S. The highest BCUT2D eigenvalue weighted by molar-refractivity contribution is 7.86. The minimum absolute atomic E-state index is 0.0948. The lowest BCUT2D eigenvalue weighted by atomic mass is 9.69. The zero-order valence-corrected chi connectivity index (χ0v) is 12.3. The number of rotatable bonds is 4. The molecule has 1 atom stereocenters. The van der Waals surface area contributed by atoms with Crippen molar-refractivity contribution in [2.24, 2.45) is 5.92 Å². The Balaban J connectivity index is 2.27. The van der Waals surface area contributed by atoms with E-state index >= 15 is 0 Å². The molecule has 0 aromatic heterocycles. The van der Waals surface area contributed by atoms with E-state index in [4.69, 9.17) is 4.74 Å². The van der Waals surface area contributed by atoms with Crippen molar-refractivity contribution in [2.45, 2.75) is 37.5 Å². The second kappa shape index (κ2) is 4.89. The molecule has 1 aliphatic rings. The SMILES string of the molecule is COC1(C)CC(C(c2ccc(C)cc2)S(=O)(=O)O)C1. The van der Waals surface area contributed by atoms with Crippen molar-refractivity contribution >= 4 is 10.1 Å². The lowest BCUT2D eigenvalue weighted by Gasteiger charge is -2.46. The highest BCUT2D eigenvalue weighted by Crippen LogP contribution is 2.49. The molecule has 1 aliphatic carbocycles. The van der Waals surface area contributed by atoms with E-state index in [1.54, 1.807) is 19.2 Å². The molecule has 1 N–H and O–H groups in total. The van der Waals surface area contributed by atoms with Crippen LogP contribution in [0.5, 0.6) is 0 Å². The summed E-state index contributed by atoms with van der Waals surface area (Å²) < 4.78 is 38.2. The Bertz CT molecular complexity index is 541. The van der Waals surface area contributed by atoms with E-state index in [-0.39, 0.29) is 11.5 Å². The summed E-state index contributed by atoms with van der Waals surface area (Å²) in [5, 5.41) is -0.851. The molecule has 1 fully saturated rings. The van der Waals surface area contributed by atoms with Crippen LogP contribution in [-0.4, -0.2) is 25.7 Å². The first kappa shape index (κ1) is 14.5. The summed E-state index contributed by atoms with van der Waals surface area (Å²) in [5.74, 6) is -0.0948. The summed E-state index contributed by atoms with van der Waals surface area (Å²) in [6.07, 6.45) is 1.28. The summed E-state index contributed by atoms with van der Waals surface area (Å²) in [5.41, 5.74) is 1.45. The predicted octanol–water partition coefficient (Wildman–Crippen LogP) is 2.74. The standard InChI is InChI=1S/C14H20O4S/c1-10-4-6-11(7-5-10)13(19(15,16)17)12-8-14(2,9-12)18-3/h4-7,12-13H,8-9H2,1-3H3,(H,15,16,17). The van der Waals surface area contributed by atoms with Crippen LogP contribution in [0.15, 0.2) is 24.3 Å². The van der Waals surface area contributed by atoms with Crippen LogP contribution in [0.25, 0.3) is 0 Å². The number of benzene rings is 1. The maximum atomic E-state index is 11.7. The van der Waals surface area contributed by atoms with Gasteiger partial charge in [0.2, 0.25) is 0 Å². The largest absolute Gasteiger partial charge is 0.379 e. The van der Waals surface area contributed by atoms with Crippen LogP contribution in [0, 0.1) is 12.8 Å². The summed E-state index contributed by atoms with van der Waals surface area (Å²) in [6, 6.07) is 7.27. The summed E-state index contributed by atoms with van der Waals surface area (Å²) in [6.45, 7) is 3.90. The van der Waals surface area contributed by atoms with Crippen molar-refractivity contribution in [1.29, 1.82) is 0 Å². The van der Waals surface area contributed by atoms with Crippen LogP contribution in [0.2, 0.25) is 0 Å². The van der Waals surface area contributed by atoms with E-state index in [0.717, 1.165) is 5.56 Å². The zero-order valence-electron chi connectivity index (χ0n) is 11.5. The van der Waals surface area contributed by atoms with Crippen LogP contribution in [0.3, 0.4) is 0 Å². The second-order valence-corrected chi connectivity index (χ2v) is 7.21. The highest BCUT2D eigenvalue weighted by Gasteiger charge is 2.48. The van der Waals surface area contributed by atoms with Gasteiger partial charge in [0.1, 0.15) is 5.25 Å². The average Bonchev–Trinajstić information content (AvgIpc) is 2.28. The smallest absolute Gasteiger partial charge is 0.272 e. The molecular weight excluding hydrogens is 264 g/mol. The van der Waals surface area contributed by atoms with Gasteiger partial charge in [-0.1, -0.05) is 29.8 Å². The Hall–Kier alpha value is -0.910. The lowest BCUT2D eigenvalue weighted by Crippen LogP contribution is -2.46. The molecule has 2 rings (SSSR count). The molecule has 1 aromatic rings. The van der Waals surface area contributed by atoms with Crippen LogP contribution in [0.4, 0.5) is 0 Å². The Kier molecular flexibility index (Phi) is 3.73. The minimum Gasteiger partial charge on any atom is -0.379 e. The van der Waals surface area contributed by atoms with Crippen LogP contribution in [0.1, 0.15) is 36.1 Å². The molecule has 0 bridgehead atoms. The highest BCUT2D eigenvalue weighted by atomic mass is 32.2. The van der Waals surface area contributed by atoms with Crippen molar-refractivity contribution in [3.8, 4) is 0 Å². The summed E-state index contributed by atoms with van der Waals surface area (Å²) >= 11 is 0. The van der Waals surface area contributed by atoms with Gasteiger partial charge in [0.25, 0.3) is 10.1 Å². The van der Waals surface area contributed by atoms with Crippen molar-refractivity contribution in [3.05, 3.63) is 35.4 Å². The molecule has 1 unspecified atom stereocenters. The molecule has 19 heavy (non-hydrogen) atoms. The van der Waals surface area contributed by atoms with Gasteiger partial charge in [-0.25, -0.2) is 0 Å². The van der Waals surface area contributed by atoms with Gasteiger partial charge in [0, 0.05) is 7.11 Å². The molecule has 0 radical (unpaired) electrons. The van der Waals surface area contributed by atoms with E-state index in [9.17, 15) is 13.0 Å². The molecule has 4 nitrogen and oxygen atoms in total. The van der Waals surface area contributed by atoms with Gasteiger partial charge in [-0.2, -0.15) is 8.42 Å². The van der Waals surface area contributed by atoms with Gasteiger partial charge in [-0.3, -0.25) is 4.55 Å². The van der Waals surface area contributed by atoms with Gasteiger partial charge < -0.3 is 4.74 Å². The Morgan fingerprint density at radius 1 is 1.32 bits per heavy atom. The third kappa shape index (κ3) is 2.99. The fraction of sp³-hybridized carbons (Fsp3) is 0.571. The van der Waals surface area contributed by atoms with Crippen molar-refractivity contribution < 1.29 is 17.7 Å². The molecule has 0 heterocycles. The molecule has 1 saturated carbocycles. The van der Waals surface area contributed by atoms with Gasteiger partial charge in [-0.15, -0.1) is 0 Å².